The maximum atomic E-state index is 13.7. The summed E-state index contributed by atoms with van der Waals surface area (Å²) in [5.74, 6) is -0.570. The third-order valence-corrected chi connectivity index (χ3v) is 7.42. The van der Waals surface area contributed by atoms with Crippen LogP contribution in [0.3, 0.4) is 0 Å². The first-order valence-corrected chi connectivity index (χ1v) is 13.1. The SMILES string of the molecule is CC1(C)O[C@@H]2C[C@@](OCc3ccccc3)(C(=O)NCC3CC3)CC(OCc3ccc(C(F)(F)F)cc3)[C@@H]2O1. The second kappa shape index (κ2) is 10.6. The van der Waals surface area contributed by atoms with E-state index in [9.17, 15) is 18.0 Å². The summed E-state index contributed by atoms with van der Waals surface area (Å²) in [6, 6.07) is 14.5. The maximum absolute atomic E-state index is 13.7. The average Bonchev–Trinajstić information content (AvgIpc) is 3.65. The molecule has 2 saturated carbocycles. The van der Waals surface area contributed by atoms with E-state index in [0.717, 1.165) is 30.5 Å². The van der Waals surface area contributed by atoms with Crippen molar-refractivity contribution in [1.82, 2.24) is 5.32 Å². The van der Waals surface area contributed by atoms with Crippen LogP contribution in [-0.4, -0.2) is 42.2 Å². The van der Waals surface area contributed by atoms with E-state index in [4.69, 9.17) is 18.9 Å². The molecule has 2 aliphatic carbocycles. The fourth-order valence-corrected chi connectivity index (χ4v) is 5.22. The minimum absolute atomic E-state index is 0.0638. The van der Waals surface area contributed by atoms with Crippen molar-refractivity contribution in [1.29, 1.82) is 0 Å². The number of hydrogen-bond donors (Lipinski definition) is 1. The van der Waals surface area contributed by atoms with E-state index in [1.807, 2.05) is 44.2 Å². The molecule has 1 unspecified atom stereocenters. The van der Waals surface area contributed by atoms with Gasteiger partial charge in [0.15, 0.2) is 11.4 Å². The third kappa shape index (κ3) is 6.39. The monoisotopic (exact) mass is 533 g/mol. The van der Waals surface area contributed by atoms with Gasteiger partial charge in [-0.15, -0.1) is 0 Å². The van der Waals surface area contributed by atoms with Crippen molar-refractivity contribution in [2.75, 3.05) is 6.54 Å². The van der Waals surface area contributed by atoms with Crippen LogP contribution in [0.2, 0.25) is 0 Å². The number of alkyl halides is 3. The van der Waals surface area contributed by atoms with Gasteiger partial charge < -0.3 is 24.3 Å². The third-order valence-electron chi connectivity index (χ3n) is 7.42. The van der Waals surface area contributed by atoms with Gasteiger partial charge in [-0.1, -0.05) is 42.5 Å². The van der Waals surface area contributed by atoms with Crippen molar-refractivity contribution in [2.24, 2.45) is 5.92 Å². The Balaban J connectivity index is 1.36. The second-order valence-corrected chi connectivity index (χ2v) is 11.0. The van der Waals surface area contributed by atoms with E-state index >= 15 is 0 Å². The summed E-state index contributed by atoms with van der Waals surface area (Å²) in [6.45, 7) is 4.54. The van der Waals surface area contributed by atoms with Gasteiger partial charge in [-0.2, -0.15) is 13.2 Å². The lowest BCUT2D eigenvalue weighted by molar-refractivity contribution is -0.183. The van der Waals surface area contributed by atoms with Crippen molar-refractivity contribution >= 4 is 5.91 Å². The zero-order valence-corrected chi connectivity index (χ0v) is 21.6. The molecule has 0 aromatic heterocycles. The van der Waals surface area contributed by atoms with E-state index in [0.29, 0.717) is 24.4 Å². The zero-order chi connectivity index (χ0) is 27.0. The van der Waals surface area contributed by atoms with Crippen LogP contribution < -0.4 is 5.32 Å². The van der Waals surface area contributed by atoms with Gasteiger partial charge >= 0.3 is 6.18 Å². The number of ether oxygens (including phenoxy) is 4. The van der Waals surface area contributed by atoms with Crippen molar-refractivity contribution in [2.45, 2.75) is 88.6 Å². The number of amides is 1. The van der Waals surface area contributed by atoms with E-state index < -0.39 is 41.4 Å². The Morgan fingerprint density at radius 1 is 0.974 bits per heavy atom. The quantitative estimate of drug-likeness (QED) is 0.469. The Labute approximate surface area is 220 Å². The van der Waals surface area contributed by atoms with Crippen LogP contribution >= 0.6 is 0 Å². The predicted molar refractivity (Wildman–Crippen MR) is 133 cm³/mol. The summed E-state index contributed by atoms with van der Waals surface area (Å²) in [6.07, 6.45) is -3.11. The largest absolute Gasteiger partial charge is 0.416 e. The molecule has 0 bridgehead atoms. The number of carbonyl (C=O) groups is 1. The molecule has 2 aromatic rings. The molecule has 1 saturated heterocycles. The van der Waals surface area contributed by atoms with Crippen molar-refractivity contribution in [3.63, 3.8) is 0 Å². The van der Waals surface area contributed by atoms with E-state index in [2.05, 4.69) is 5.32 Å². The molecule has 2 aromatic carbocycles. The summed E-state index contributed by atoms with van der Waals surface area (Å²) in [4.78, 5) is 13.7. The molecule has 1 aliphatic heterocycles. The molecule has 9 heteroatoms. The molecule has 3 aliphatic rings. The lowest BCUT2D eigenvalue weighted by Crippen LogP contribution is -2.60. The van der Waals surface area contributed by atoms with Gasteiger partial charge in [-0.25, -0.2) is 0 Å². The number of carbonyl (C=O) groups excluding carboxylic acids is 1. The van der Waals surface area contributed by atoms with Crippen LogP contribution in [0.15, 0.2) is 54.6 Å². The van der Waals surface area contributed by atoms with Crippen LogP contribution in [0.5, 0.6) is 0 Å². The van der Waals surface area contributed by atoms with Gasteiger partial charge in [-0.05, 0) is 55.9 Å². The molecule has 38 heavy (non-hydrogen) atoms. The van der Waals surface area contributed by atoms with Crippen molar-refractivity contribution in [3.8, 4) is 0 Å². The average molecular weight is 534 g/mol. The Morgan fingerprint density at radius 2 is 1.66 bits per heavy atom. The molecule has 3 fully saturated rings. The fraction of sp³-hybridized carbons (Fsp3) is 0.552. The van der Waals surface area contributed by atoms with E-state index in [1.54, 1.807) is 0 Å². The zero-order valence-electron chi connectivity index (χ0n) is 21.6. The molecule has 0 radical (unpaired) electrons. The van der Waals surface area contributed by atoms with Crippen LogP contribution in [0, 0.1) is 5.92 Å². The molecule has 1 heterocycles. The Morgan fingerprint density at radius 3 is 2.32 bits per heavy atom. The maximum Gasteiger partial charge on any atom is 0.416 e. The topological polar surface area (TPSA) is 66.0 Å². The summed E-state index contributed by atoms with van der Waals surface area (Å²) in [7, 11) is 0. The molecular weight excluding hydrogens is 499 g/mol. The Hall–Kier alpha value is -2.46. The second-order valence-electron chi connectivity index (χ2n) is 11.0. The smallest absolute Gasteiger partial charge is 0.371 e. The standard InChI is InChI=1S/C29H34F3NO5/c1-27(2)37-24-15-28(26(34)33-16-19-8-9-19,36-18-20-6-4-3-5-7-20)14-23(25(24)38-27)35-17-21-10-12-22(13-11-21)29(30,31)32/h3-7,10-13,19,23-25H,8-9,14-18H2,1-2H3,(H,33,34)/t23?,24-,25+,28-/m1/s1. The number of rotatable bonds is 9. The predicted octanol–water partition coefficient (Wildman–Crippen LogP) is 5.39. The van der Waals surface area contributed by atoms with Crippen molar-refractivity contribution < 1.29 is 36.9 Å². The van der Waals surface area contributed by atoms with Crippen LogP contribution in [0.4, 0.5) is 13.2 Å². The molecule has 0 spiro atoms. The molecule has 4 atom stereocenters. The summed E-state index contributed by atoms with van der Waals surface area (Å²) in [5, 5.41) is 3.08. The van der Waals surface area contributed by atoms with E-state index in [1.165, 1.54) is 12.1 Å². The summed E-state index contributed by atoms with van der Waals surface area (Å²) >= 11 is 0. The minimum atomic E-state index is -4.40. The molecule has 206 valence electrons. The number of benzene rings is 2. The van der Waals surface area contributed by atoms with Crippen LogP contribution in [0.25, 0.3) is 0 Å². The number of nitrogens with one attached hydrogen (secondary N) is 1. The first-order valence-electron chi connectivity index (χ1n) is 13.1. The highest BCUT2D eigenvalue weighted by Crippen LogP contribution is 2.44. The van der Waals surface area contributed by atoms with Crippen molar-refractivity contribution in [3.05, 3.63) is 71.3 Å². The molecule has 5 rings (SSSR count). The lowest BCUT2D eigenvalue weighted by atomic mass is 9.78. The van der Waals surface area contributed by atoms with Gasteiger partial charge in [-0.3, -0.25) is 4.79 Å². The molecule has 1 amide bonds. The highest BCUT2D eigenvalue weighted by Gasteiger charge is 2.58. The Bertz CT molecular complexity index is 1100. The van der Waals surface area contributed by atoms with Gasteiger partial charge in [0.05, 0.1) is 31.0 Å². The molecule has 6 nitrogen and oxygen atoms in total. The first kappa shape index (κ1) is 27.1. The number of halogens is 3. The summed E-state index contributed by atoms with van der Waals surface area (Å²) in [5.41, 5.74) is -0.392. The van der Waals surface area contributed by atoms with Gasteiger partial charge in [0.25, 0.3) is 5.91 Å². The minimum Gasteiger partial charge on any atom is -0.371 e. The number of fused-ring (bicyclic) bond motifs is 1. The van der Waals surface area contributed by atoms with Gasteiger partial charge in [0.2, 0.25) is 0 Å². The van der Waals surface area contributed by atoms with E-state index in [-0.39, 0.29) is 25.5 Å². The Kier molecular flexibility index (Phi) is 7.57. The highest BCUT2D eigenvalue weighted by molar-refractivity contribution is 5.85. The fourth-order valence-electron chi connectivity index (χ4n) is 5.22. The normalized spacial score (nSPS) is 28.6. The van der Waals surface area contributed by atoms with Gasteiger partial charge in [0, 0.05) is 19.4 Å². The van der Waals surface area contributed by atoms with Gasteiger partial charge in [0.1, 0.15) is 6.10 Å². The molecule has 1 N–H and O–H groups in total. The first-order chi connectivity index (χ1) is 18.0. The highest BCUT2D eigenvalue weighted by atomic mass is 19.4. The lowest BCUT2D eigenvalue weighted by Gasteiger charge is -2.43. The van der Waals surface area contributed by atoms with Crippen LogP contribution in [-0.2, 0) is 43.1 Å². The summed E-state index contributed by atoms with van der Waals surface area (Å²) < 4.78 is 64.0. The number of hydrogen-bond acceptors (Lipinski definition) is 5. The molecular formula is C29H34F3NO5. The van der Waals surface area contributed by atoms with Crippen LogP contribution in [0.1, 0.15) is 56.2 Å².